The van der Waals surface area contributed by atoms with Crippen molar-refractivity contribution in [1.29, 1.82) is 0 Å². The van der Waals surface area contributed by atoms with Gasteiger partial charge in [0.25, 0.3) is 10.0 Å². The monoisotopic (exact) mass is 581 g/mol. The summed E-state index contributed by atoms with van der Waals surface area (Å²) in [7, 11) is -7.89. The van der Waals surface area contributed by atoms with Crippen LogP contribution in [0.25, 0.3) is 5.52 Å². The van der Waals surface area contributed by atoms with E-state index >= 15 is 0 Å². The number of fused-ring (bicyclic) bond motifs is 2. The zero-order chi connectivity index (χ0) is 27.4. The summed E-state index contributed by atoms with van der Waals surface area (Å²) in [6.45, 7) is 0. The molecule has 2 aromatic carbocycles. The molecule has 0 fully saturated rings. The average molecular weight is 582 g/mol. The number of nitrogens with one attached hydrogen (secondary N) is 1. The maximum absolute atomic E-state index is 13.8. The number of benzene rings is 2. The van der Waals surface area contributed by atoms with E-state index in [1.807, 2.05) is 0 Å². The summed E-state index contributed by atoms with van der Waals surface area (Å²) in [5, 5.41) is 16.1. The van der Waals surface area contributed by atoms with Gasteiger partial charge in [0.15, 0.2) is 21.1 Å². The molecular formula is C25H18F2N3NaO6S2. The van der Waals surface area contributed by atoms with Gasteiger partial charge >= 0.3 is 29.6 Å². The summed E-state index contributed by atoms with van der Waals surface area (Å²) in [5.41, 5.74) is -0.903. The molecule has 0 atom stereocenters. The summed E-state index contributed by atoms with van der Waals surface area (Å²) in [4.78, 5) is 13.3. The summed E-state index contributed by atoms with van der Waals surface area (Å²) < 4.78 is 81.8. The number of anilines is 1. The van der Waals surface area contributed by atoms with Crippen LogP contribution in [-0.4, -0.2) is 33.3 Å². The zero-order valence-corrected chi connectivity index (χ0v) is 24.2. The zero-order valence-electron chi connectivity index (χ0n) is 20.6. The first-order valence-corrected chi connectivity index (χ1v) is 14.5. The normalized spacial score (nSPS) is 14.2. The van der Waals surface area contributed by atoms with E-state index < -0.39 is 60.0 Å². The average Bonchev–Trinajstić information content (AvgIpc) is 2.80. The molecule has 0 amide bonds. The molecule has 0 aliphatic carbocycles. The molecule has 4 aromatic rings. The predicted octanol–water partition coefficient (Wildman–Crippen LogP) is -0.648. The first-order valence-electron chi connectivity index (χ1n) is 11.0. The fourth-order valence-corrected chi connectivity index (χ4v) is 6.31. The molecule has 9 nitrogen and oxygen atoms in total. The van der Waals surface area contributed by atoms with Crippen molar-refractivity contribution in [3.8, 4) is 5.88 Å². The number of hydrogen-bond acceptors (Lipinski definition) is 7. The number of hydrogen-bond donors (Lipinski definition) is 1. The summed E-state index contributed by atoms with van der Waals surface area (Å²) in [6, 6.07) is 11.3. The summed E-state index contributed by atoms with van der Waals surface area (Å²) in [6.07, 6.45) is 2.13. The van der Waals surface area contributed by atoms with Crippen molar-refractivity contribution in [1.82, 2.24) is 4.40 Å². The SMILES string of the molecule is CS(=O)(=O)Cc1ccc2c(c1)S(=O)(=O)N=C(c1c([O-])n3ccccc3c(Cc3cc(F)cc(F)c3)c1=O)N2.[Na+]. The van der Waals surface area contributed by atoms with E-state index in [4.69, 9.17) is 0 Å². The number of nitrogens with zero attached hydrogens (tertiary/aromatic N) is 2. The van der Waals surface area contributed by atoms with E-state index in [0.717, 1.165) is 28.9 Å². The Bertz CT molecular complexity index is 1940. The number of sulfonamides is 1. The second-order valence-electron chi connectivity index (χ2n) is 8.84. The smallest absolute Gasteiger partial charge is 0.859 e. The van der Waals surface area contributed by atoms with E-state index in [2.05, 4.69) is 9.71 Å². The third-order valence-electron chi connectivity index (χ3n) is 5.86. The fraction of sp³-hybridized carbons (Fsp3) is 0.120. The van der Waals surface area contributed by atoms with Gasteiger partial charge in [-0.25, -0.2) is 17.2 Å². The molecule has 14 heteroatoms. The van der Waals surface area contributed by atoms with Crippen LogP contribution in [-0.2, 0) is 32.0 Å². The molecule has 5 rings (SSSR count). The Morgan fingerprint density at radius 3 is 2.38 bits per heavy atom. The maximum atomic E-state index is 13.8. The molecule has 196 valence electrons. The standard InChI is InChI=1S/C25H19F2N3O6S2.Na/c1-37(33,34)13-14-5-6-19-21(11-14)38(35,36)29-24(28-19)22-23(31)18(10-15-8-16(26)12-17(27)9-15)20-4-2-3-7-30(20)25(22)32;/h2-9,11-12,32H,10,13H2,1H3,(H,28,29);/q;+1/p-1. The number of rotatable bonds is 5. The second kappa shape index (κ2) is 10.5. The minimum Gasteiger partial charge on any atom is -0.859 e. The first-order chi connectivity index (χ1) is 17.8. The van der Waals surface area contributed by atoms with E-state index in [-0.39, 0.29) is 68.8 Å². The molecule has 0 unspecified atom stereocenters. The van der Waals surface area contributed by atoms with Crippen LogP contribution in [0.1, 0.15) is 22.3 Å². The molecule has 0 saturated carbocycles. The van der Waals surface area contributed by atoms with Crippen molar-refractivity contribution in [3.63, 3.8) is 0 Å². The van der Waals surface area contributed by atoms with Gasteiger partial charge in [0, 0.05) is 30.5 Å². The van der Waals surface area contributed by atoms with Gasteiger partial charge in [-0.15, -0.1) is 4.40 Å². The Balaban J connectivity index is 0.00000353. The molecule has 39 heavy (non-hydrogen) atoms. The van der Waals surface area contributed by atoms with Crippen LogP contribution in [0.5, 0.6) is 5.88 Å². The predicted molar refractivity (Wildman–Crippen MR) is 135 cm³/mol. The van der Waals surface area contributed by atoms with Crippen molar-refractivity contribution in [2.24, 2.45) is 4.40 Å². The second-order valence-corrected chi connectivity index (χ2v) is 12.6. The summed E-state index contributed by atoms with van der Waals surface area (Å²) >= 11 is 0. The molecule has 0 spiro atoms. The van der Waals surface area contributed by atoms with Crippen molar-refractivity contribution in [2.45, 2.75) is 17.1 Å². The minimum absolute atomic E-state index is 0. The number of amidine groups is 1. The topological polar surface area (TPSA) is 137 Å². The van der Waals surface area contributed by atoms with Crippen molar-refractivity contribution in [2.75, 3.05) is 11.6 Å². The van der Waals surface area contributed by atoms with Crippen molar-refractivity contribution >= 4 is 36.9 Å². The first kappa shape index (κ1) is 28.9. The Kier molecular flexibility index (Phi) is 7.76. The van der Waals surface area contributed by atoms with Crippen LogP contribution in [0.3, 0.4) is 0 Å². The maximum Gasteiger partial charge on any atom is 1.00 e. The number of aromatic nitrogens is 1. The van der Waals surface area contributed by atoms with Crippen LogP contribution in [0.2, 0.25) is 0 Å². The molecule has 0 saturated heterocycles. The van der Waals surface area contributed by atoms with Gasteiger partial charge in [-0.05, 0) is 53.4 Å². The van der Waals surface area contributed by atoms with Gasteiger partial charge in [0.05, 0.1) is 22.5 Å². The molecule has 0 bridgehead atoms. The van der Waals surface area contributed by atoms with Crippen LogP contribution in [0.4, 0.5) is 14.5 Å². The molecule has 1 aliphatic rings. The summed E-state index contributed by atoms with van der Waals surface area (Å²) in [5.74, 6) is -3.46. The largest absolute Gasteiger partial charge is 1.00 e. The van der Waals surface area contributed by atoms with E-state index in [0.29, 0.717) is 6.07 Å². The van der Waals surface area contributed by atoms with Gasteiger partial charge in [-0.1, -0.05) is 12.1 Å². The molecule has 1 aliphatic heterocycles. The molecule has 1 N–H and O–H groups in total. The van der Waals surface area contributed by atoms with Crippen LogP contribution < -0.4 is 45.4 Å². The van der Waals surface area contributed by atoms with Gasteiger partial charge in [0.2, 0.25) is 0 Å². The molecule has 3 heterocycles. The van der Waals surface area contributed by atoms with Gasteiger partial charge in [0.1, 0.15) is 16.5 Å². The quantitative estimate of drug-likeness (QED) is 0.310. The van der Waals surface area contributed by atoms with Crippen molar-refractivity contribution < 1.29 is 60.3 Å². The fourth-order valence-electron chi connectivity index (χ4n) is 4.35. The van der Waals surface area contributed by atoms with Crippen LogP contribution in [0, 0.1) is 11.6 Å². The van der Waals surface area contributed by atoms with Gasteiger partial charge in [-0.3, -0.25) is 4.79 Å². The Labute approximate surface area is 244 Å². The molecule has 0 radical (unpaired) electrons. The molecule has 2 aromatic heterocycles. The van der Waals surface area contributed by atoms with E-state index in [9.17, 15) is 35.5 Å². The van der Waals surface area contributed by atoms with Crippen LogP contribution >= 0.6 is 0 Å². The van der Waals surface area contributed by atoms with E-state index in [1.165, 1.54) is 30.5 Å². The Morgan fingerprint density at radius 2 is 1.72 bits per heavy atom. The van der Waals surface area contributed by atoms with Gasteiger partial charge in [-0.2, -0.15) is 8.42 Å². The third-order valence-corrected chi connectivity index (χ3v) is 8.03. The Hall–Kier alpha value is -3.10. The van der Waals surface area contributed by atoms with Crippen LogP contribution in [0.15, 0.2) is 74.9 Å². The van der Waals surface area contributed by atoms with Gasteiger partial charge < -0.3 is 14.8 Å². The third kappa shape index (κ3) is 5.77. The molecular weight excluding hydrogens is 563 g/mol. The van der Waals surface area contributed by atoms with Crippen molar-refractivity contribution in [3.05, 3.63) is 105 Å². The van der Waals surface area contributed by atoms with E-state index in [1.54, 1.807) is 6.07 Å². The Morgan fingerprint density at radius 1 is 1.03 bits per heavy atom. The minimum atomic E-state index is -4.44. The number of pyridine rings is 2. The number of halogens is 2. The number of sulfone groups is 1.